The summed E-state index contributed by atoms with van der Waals surface area (Å²) >= 11 is 0. The quantitative estimate of drug-likeness (QED) is 0.245. The van der Waals surface area contributed by atoms with Gasteiger partial charge in [-0.25, -0.2) is 0 Å². The molecule has 0 amide bonds. The zero-order chi connectivity index (χ0) is 20.1. The van der Waals surface area contributed by atoms with E-state index in [9.17, 15) is 0 Å². The first kappa shape index (κ1) is 22.2. The first-order valence-corrected chi connectivity index (χ1v) is 9.64. The molecule has 1 aliphatic rings. The van der Waals surface area contributed by atoms with E-state index in [-0.39, 0.29) is 32.7 Å². The summed E-state index contributed by atoms with van der Waals surface area (Å²) in [6, 6.07) is 24.7. The monoisotopic (exact) mass is 463 g/mol. The molecule has 145 valence electrons. The maximum absolute atomic E-state index is 7.50. The van der Waals surface area contributed by atoms with Crippen LogP contribution in [0.3, 0.4) is 0 Å². The van der Waals surface area contributed by atoms with Gasteiger partial charge >= 0.3 is 0 Å². The molecule has 0 atom stereocenters. The number of pyridine rings is 1. The molecule has 1 heterocycles. The van der Waals surface area contributed by atoms with Crippen molar-refractivity contribution in [2.75, 3.05) is 6.54 Å². The van der Waals surface area contributed by atoms with Crippen molar-refractivity contribution < 1.29 is 32.7 Å². The van der Waals surface area contributed by atoms with Crippen LogP contribution in [0.2, 0.25) is 0 Å². The van der Waals surface area contributed by atoms with Gasteiger partial charge in [0.1, 0.15) is 0 Å². The van der Waals surface area contributed by atoms with Gasteiger partial charge in [-0.15, -0.1) is 18.0 Å². The Bertz CT molecular complexity index is 1150. The Balaban J connectivity index is 0.000000184. The summed E-state index contributed by atoms with van der Waals surface area (Å²) in [6.07, 6.45) is 9.93. The third kappa shape index (κ3) is 4.79. The Hall–Kier alpha value is -2.52. The van der Waals surface area contributed by atoms with Crippen molar-refractivity contribution in [1.82, 2.24) is 4.98 Å². The third-order valence-corrected chi connectivity index (χ3v) is 5.02. The summed E-state index contributed by atoms with van der Waals surface area (Å²) in [7, 11) is 0. The van der Waals surface area contributed by atoms with E-state index in [1.807, 2.05) is 36.5 Å². The van der Waals surface area contributed by atoms with Crippen LogP contribution in [-0.2, 0) is 32.7 Å². The molecule has 3 aromatic carbocycles. The Morgan fingerprint density at radius 3 is 2.03 bits per heavy atom. The van der Waals surface area contributed by atoms with E-state index in [1.165, 1.54) is 33.2 Å². The number of fused-ring (bicyclic) bond motifs is 3. The SMILES string of the molecule is [CH2-]c1cccc2cnccc12.[NH-]CC=C1c2ccccc2C=Cc2ccccc21.[Y]. The molecule has 0 aliphatic heterocycles. The normalized spacial score (nSPS) is 11.3. The standard InChI is InChI=1S/C17H14N.C10H8N.Y/c18-12-11-17-15-7-3-1-5-13(15)9-10-14-6-2-4-8-16(14)17;1-8-3-2-4-9-7-11-6-5-10(8)9;/h1-11,18H,12H2;2-7H,1H2;/q2*-1;. The molecule has 0 saturated heterocycles. The number of hydrogen-bond donors (Lipinski definition) is 0. The van der Waals surface area contributed by atoms with Crippen LogP contribution in [0.15, 0.2) is 91.3 Å². The summed E-state index contributed by atoms with van der Waals surface area (Å²) < 4.78 is 0. The third-order valence-electron chi connectivity index (χ3n) is 5.02. The van der Waals surface area contributed by atoms with Gasteiger partial charge in [-0.2, -0.15) is 18.6 Å². The number of hydrogen-bond acceptors (Lipinski definition) is 1. The van der Waals surface area contributed by atoms with Gasteiger partial charge in [0.15, 0.2) is 0 Å². The second-order valence-corrected chi connectivity index (χ2v) is 6.84. The van der Waals surface area contributed by atoms with E-state index in [4.69, 9.17) is 5.73 Å². The zero-order valence-electron chi connectivity index (χ0n) is 16.8. The minimum atomic E-state index is 0. The topological polar surface area (TPSA) is 36.7 Å². The van der Waals surface area contributed by atoms with Crippen LogP contribution in [0.1, 0.15) is 27.8 Å². The van der Waals surface area contributed by atoms with Gasteiger partial charge in [0, 0.05) is 45.1 Å². The fraction of sp³-hybridized carbons (Fsp3) is 0.0370. The van der Waals surface area contributed by atoms with Crippen molar-refractivity contribution in [1.29, 1.82) is 0 Å². The molecule has 1 N–H and O–H groups in total. The van der Waals surface area contributed by atoms with Crippen LogP contribution in [0.5, 0.6) is 0 Å². The fourth-order valence-corrected chi connectivity index (χ4v) is 3.61. The van der Waals surface area contributed by atoms with Gasteiger partial charge in [-0.1, -0.05) is 84.3 Å². The zero-order valence-corrected chi connectivity index (χ0v) is 19.6. The number of nitrogens with one attached hydrogen (secondary N) is 1. The van der Waals surface area contributed by atoms with Gasteiger partial charge in [0.05, 0.1) is 0 Å². The Morgan fingerprint density at radius 2 is 1.43 bits per heavy atom. The molecule has 0 bridgehead atoms. The average molecular weight is 463 g/mol. The minimum Gasteiger partial charge on any atom is -0.674 e. The molecular formula is C27H22N2Y-2. The smallest absolute Gasteiger partial charge is 0.0223 e. The Morgan fingerprint density at radius 1 is 0.800 bits per heavy atom. The van der Waals surface area contributed by atoms with Crippen molar-refractivity contribution in [2.24, 2.45) is 0 Å². The summed E-state index contributed by atoms with van der Waals surface area (Å²) in [4.78, 5) is 4.03. The number of rotatable bonds is 1. The molecule has 0 saturated carbocycles. The van der Waals surface area contributed by atoms with Crippen LogP contribution in [0, 0.1) is 6.92 Å². The first-order chi connectivity index (χ1) is 14.3. The molecule has 0 spiro atoms. The summed E-state index contributed by atoms with van der Waals surface area (Å²) in [6.45, 7) is 4.22. The fourth-order valence-electron chi connectivity index (χ4n) is 3.61. The Labute approximate surface area is 203 Å². The Kier molecular flexibility index (Phi) is 7.76. The molecule has 3 heteroatoms. The molecule has 2 nitrogen and oxygen atoms in total. The largest absolute Gasteiger partial charge is 0.674 e. The van der Waals surface area contributed by atoms with E-state index in [1.54, 1.807) is 6.20 Å². The van der Waals surface area contributed by atoms with Crippen LogP contribution >= 0.6 is 0 Å². The predicted molar refractivity (Wildman–Crippen MR) is 124 cm³/mol. The molecule has 1 aliphatic carbocycles. The molecule has 0 fully saturated rings. The van der Waals surface area contributed by atoms with Gasteiger partial charge in [0.25, 0.3) is 0 Å². The van der Waals surface area contributed by atoms with E-state index in [2.05, 4.69) is 72.6 Å². The van der Waals surface area contributed by atoms with E-state index >= 15 is 0 Å². The molecule has 1 radical (unpaired) electrons. The number of benzene rings is 3. The summed E-state index contributed by atoms with van der Waals surface area (Å²) in [5.41, 5.74) is 14.6. The van der Waals surface area contributed by atoms with Crippen LogP contribution in [0.25, 0.3) is 34.2 Å². The van der Waals surface area contributed by atoms with Crippen molar-refractivity contribution in [3.8, 4) is 0 Å². The van der Waals surface area contributed by atoms with Gasteiger partial charge in [0.2, 0.25) is 0 Å². The second kappa shape index (κ2) is 10.5. The number of aromatic nitrogens is 1. The molecule has 1 aromatic heterocycles. The molecule has 0 unspecified atom stereocenters. The predicted octanol–water partition coefficient (Wildman–Crippen LogP) is 7.07. The van der Waals surface area contributed by atoms with Crippen LogP contribution < -0.4 is 0 Å². The van der Waals surface area contributed by atoms with Gasteiger partial charge in [-0.3, -0.25) is 4.98 Å². The maximum atomic E-state index is 7.50. The molecular weight excluding hydrogens is 441 g/mol. The number of nitrogens with zero attached hydrogens (tertiary/aromatic N) is 1. The van der Waals surface area contributed by atoms with Crippen molar-refractivity contribution in [3.63, 3.8) is 0 Å². The summed E-state index contributed by atoms with van der Waals surface area (Å²) in [5.74, 6) is 0. The van der Waals surface area contributed by atoms with Crippen molar-refractivity contribution >= 4 is 28.5 Å². The second-order valence-electron chi connectivity index (χ2n) is 6.84. The molecule has 4 aromatic rings. The van der Waals surface area contributed by atoms with Crippen molar-refractivity contribution in [2.45, 2.75) is 0 Å². The van der Waals surface area contributed by atoms with Crippen molar-refractivity contribution in [3.05, 3.63) is 132 Å². The van der Waals surface area contributed by atoms with E-state index in [0.29, 0.717) is 6.54 Å². The summed E-state index contributed by atoms with van der Waals surface area (Å²) in [5, 5.41) is 2.34. The maximum Gasteiger partial charge on any atom is 0.0223 e. The molecule has 30 heavy (non-hydrogen) atoms. The van der Waals surface area contributed by atoms with Crippen LogP contribution in [-0.4, -0.2) is 11.5 Å². The van der Waals surface area contributed by atoms with E-state index < -0.39 is 0 Å². The van der Waals surface area contributed by atoms with E-state index in [0.717, 1.165) is 10.9 Å². The van der Waals surface area contributed by atoms with Gasteiger partial charge < -0.3 is 5.73 Å². The average Bonchev–Trinajstić information content (AvgIpc) is 2.93. The van der Waals surface area contributed by atoms with Gasteiger partial charge in [-0.05, 0) is 27.8 Å². The first-order valence-electron chi connectivity index (χ1n) is 9.64. The molecule has 5 rings (SSSR count). The van der Waals surface area contributed by atoms with Crippen LogP contribution in [0.4, 0.5) is 0 Å². The minimum absolute atomic E-state index is 0.